The molecule has 0 bridgehead atoms. The summed E-state index contributed by atoms with van der Waals surface area (Å²) in [5.74, 6) is -1.23. The Morgan fingerprint density at radius 1 is 0.818 bits per heavy atom. The zero-order chi connectivity index (χ0) is 40.4. The number of ether oxygens (including phenoxy) is 5. The first-order valence-electron chi connectivity index (χ1n) is 20.4. The molecule has 3 saturated carbocycles. The van der Waals surface area contributed by atoms with Gasteiger partial charge in [-0.15, -0.1) is 0 Å². The van der Waals surface area contributed by atoms with E-state index in [1.165, 1.54) is 7.11 Å². The normalized spacial score (nSPS) is 50.6. The third-order valence-corrected chi connectivity index (χ3v) is 14.9. The van der Waals surface area contributed by atoms with Crippen LogP contribution in [-0.2, 0) is 23.7 Å². The highest BCUT2D eigenvalue weighted by atomic mass is 16.7. The van der Waals surface area contributed by atoms with Crippen LogP contribution in [0.5, 0.6) is 0 Å². The first-order valence-corrected chi connectivity index (χ1v) is 20.4. The number of hydrogen-bond acceptors (Lipinski definition) is 14. The Labute approximate surface area is 325 Å². The maximum atomic E-state index is 12.8. The Morgan fingerprint density at radius 2 is 1.47 bits per heavy atom. The topological polar surface area (TPSA) is 228 Å². The molecule has 0 unspecified atom stereocenters. The minimum atomic E-state index is -1.44. The van der Waals surface area contributed by atoms with Crippen LogP contribution in [0.2, 0.25) is 0 Å². The Kier molecular flexibility index (Phi) is 13.1. The van der Waals surface area contributed by atoms with Gasteiger partial charge in [-0.25, -0.2) is 0 Å². The standard InChI is InChI=1S/C41H68O14/c1-19(2)23(21(4)16-52-37-34(49)30(45)26(43)17-53-37)9-8-20(3)29-32(47)33(48)36-40(29,6)13-11-28-39(5)12-10-22(14-24(39)25(42)15-41(28,36)50)55-38-35(51-7)31(46)27(44)18-54-38/h8-9,14,19-23,25-38,42-50H,10-13,15-18H2,1-7H3/b9-8+/t20-,21-,22+,23+,25-,26-,27-,28-,29+,30+,31+,32-,33+,34-,35-,36-,37-,38+,39+,40-,41+/m1/s1. The van der Waals surface area contributed by atoms with Gasteiger partial charge in [-0.05, 0) is 77.6 Å². The maximum Gasteiger partial charge on any atom is 0.187 e. The van der Waals surface area contributed by atoms with Crippen LogP contribution in [0.3, 0.4) is 0 Å². The molecule has 55 heavy (non-hydrogen) atoms. The van der Waals surface area contributed by atoms with Crippen molar-refractivity contribution >= 4 is 0 Å². The van der Waals surface area contributed by atoms with Gasteiger partial charge in [0.15, 0.2) is 12.6 Å². The molecule has 14 nitrogen and oxygen atoms in total. The SMILES string of the molecule is CO[C@H]1[C@H](O[C@@H]2C=C3[C@H](O)C[C@@]4(O)[C@@H]5[C@@H](O)[C@H](O)[C@H]([C@H](C)/C=C/[C@@H](C(C)C)[C@H](C)CO[C@@H]6OC[C@@H](O)[C@H](O)[C@H]6O)[C@@]5(C)CC[C@@H]4[C@@]3(C)CC2)OC[C@@H](O)[C@@H]1O. The molecule has 14 heteroatoms. The Bertz CT molecular complexity index is 1380. The summed E-state index contributed by atoms with van der Waals surface area (Å²) in [6.07, 6.45) is -4.09. The second-order valence-corrected chi connectivity index (χ2v) is 18.6. The van der Waals surface area contributed by atoms with Crippen molar-refractivity contribution in [1.82, 2.24) is 0 Å². The third kappa shape index (κ3) is 7.65. The highest BCUT2D eigenvalue weighted by Gasteiger charge is 2.72. The Morgan fingerprint density at radius 3 is 2.13 bits per heavy atom. The molecule has 4 aliphatic carbocycles. The van der Waals surface area contributed by atoms with Gasteiger partial charge in [0.05, 0.1) is 49.8 Å². The Hall–Kier alpha value is -1.08. The van der Waals surface area contributed by atoms with Gasteiger partial charge in [0.1, 0.15) is 36.6 Å². The predicted molar refractivity (Wildman–Crippen MR) is 198 cm³/mol. The summed E-state index contributed by atoms with van der Waals surface area (Å²) in [4.78, 5) is 0. The molecule has 316 valence electrons. The van der Waals surface area contributed by atoms with Crippen LogP contribution in [0.1, 0.15) is 73.6 Å². The van der Waals surface area contributed by atoms with Gasteiger partial charge >= 0.3 is 0 Å². The zero-order valence-electron chi connectivity index (χ0n) is 33.4. The van der Waals surface area contributed by atoms with E-state index in [2.05, 4.69) is 39.8 Å². The van der Waals surface area contributed by atoms with Crippen LogP contribution in [0, 0.1) is 52.3 Å². The van der Waals surface area contributed by atoms with Crippen molar-refractivity contribution in [2.45, 2.75) is 153 Å². The summed E-state index contributed by atoms with van der Waals surface area (Å²) in [6.45, 7) is 12.5. The van der Waals surface area contributed by atoms with Gasteiger partial charge in [0.25, 0.3) is 0 Å². The number of aliphatic hydroxyl groups excluding tert-OH is 8. The first kappa shape index (κ1) is 43.5. The van der Waals surface area contributed by atoms with Crippen LogP contribution in [0.15, 0.2) is 23.8 Å². The minimum Gasteiger partial charge on any atom is -0.390 e. The lowest BCUT2D eigenvalue weighted by Crippen LogP contribution is -2.66. The molecule has 2 heterocycles. The van der Waals surface area contributed by atoms with Gasteiger partial charge < -0.3 is 69.6 Å². The van der Waals surface area contributed by atoms with Crippen molar-refractivity contribution in [3.8, 4) is 0 Å². The van der Waals surface area contributed by atoms with Crippen molar-refractivity contribution in [3.05, 3.63) is 23.8 Å². The van der Waals surface area contributed by atoms with Gasteiger partial charge in [-0.2, -0.15) is 0 Å². The summed E-state index contributed by atoms with van der Waals surface area (Å²) in [6, 6.07) is 0. The highest BCUT2D eigenvalue weighted by Crippen LogP contribution is 2.69. The second kappa shape index (κ2) is 16.5. The molecule has 0 aromatic carbocycles. The number of hydrogen-bond donors (Lipinski definition) is 9. The fraction of sp³-hybridized carbons (Fsp3) is 0.902. The molecule has 0 radical (unpaired) electrons. The Balaban J connectivity index is 1.16. The van der Waals surface area contributed by atoms with Crippen molar-refractivity contribution in [2.24, 2.45) is 52.3 Å². The first-order chi connectivity index (χ1) is 25.8. The van der Waals surface area contributed by atoms with Gasteiger partial charge in [-0.3, -0.25) is 0 Å². The van der Waals surface area contributed by atoms with Crippen LogP contribution >= 0.6 is 0 Å². The largest absolute Gasteiger partial charge is 0.390 e. The summed E-state index contributed by atoms with van der Waals surface area (Å²) < 4.78 is 28.6. The average Bonchev–Trinajstić information content (AvgIpc) is 3.33. The molecule has 6 aliphatic rings. The van der Waals surface area contributed by atoms with Crippen LogP contribution in [0.4, 0.5) is 0 Å². The highest BCUT2D eigenvalue weighted by molar-refractivity contribution is 5.33. The molecule has 0 aromatic heterocycles. The summed E-state index contributed by atoms with van der Waals surface area (Å²) >= 11 is 0. The van der Waals surface area contributed by atoms with Gasteiger partial charge in [0.2, 0.25) is 0 Å². The van der Waals surface area contributed by atoms with Gasteiger partial charge in [0, 0.05) is 19.4 Å². The van der Waals surface area contributed by atoms with E-state index < -0.39 is 96.0 Å². The fourth-order valence-corrected chi connectivity index (χ4v) is 12.1. The van der Waals surface area contributed by atoms with E-state index in [1.807, 2.05) is 19.9 Å². The van der Waals surface area contributed by atoms with Crippen molar-refractivity contribution in [2.75, 3.05) is 26.9 Å². The quantitative estimate of drug-likeness (QED) is 0.131. The number of allylic oxidation sites excluding steroid dienone is 2. The molecule has 2 aliphatic heterocycles. The van der Waals surface area contributed by atoms with Gasteiger partial charge in [-0.1, -0.05) is 59.8 Å². The van der Waals surface area contributed by atoms with E-state index in [1.54, 1.807) is 0 Å². The lowest BCUT2D eigenvalue weighted by molar-refractivity contribution is -0.285. The van der Waals surface area contributed by atoms with Crippen molar-refractivity contribution in [1.29, 1.82) is 0 Å². The monoisotopic (exact) mass is 784 g/mol. The van der Waals surface area contributed by atoms with Crippen LogP contribution < -0.4 is 0 Å². The maximum absolute atomic E-state index is 12.8. The fourth-order valence-electron chi connectivity index (χ4n) is 12.1. The van der Waals surface area contributed by atoms with E-state index in [0.717, 1.165) is 5.57 Å². The van der Waals surface area contributed by atoms with E-state index >= 15 is 0 Å². The summed E-state index contributed by atoms with van der Waals surface area (Å²) in [5.41, 5.74) is -1.89. The molecular weight excluding hydrogens is 716 g/mol. The van der Waals surface area contributed by atoms with Crippen molar-refractivity contribution < 1.29 is 69.6 Å². The zero-order valence-corrected chi connectivity index (χ0v) is 33.4. The molecule has 9 N–H and O–H groups in total. The molecule has 0 amide bonds. The molecule has 5 fully saturated rings. The second-order valence-electron chi connectivity index (χ2n) is 18.6. The number of aliphatic hydroxyl groups is 9. The smallest absolute Gasteiger partial charge is 0.187 e. The molecule has 6 rings (SSSR count). The predicted octanol–water partition coefficient (Wildman–Crippen LogP) is 0.627. The number of methoxy groups -OCH3 is 1. The van der Waals surface area contributed by atoms with Crippen LogP contribution in [0.25, 0.3) is 0 Å². The van der Waals surface area contributed by atoms with E-state index in [4.69, 9.17) is 23.7 Å². The molecular formula is C41H68O14. The van der Waals surface area contributed by atoms with E-state index in [-0.39, 0.29) is 61.7 Å². The lowest BCUT2D eigenvalue weighted by Gasteiger charge is -2.63. The molecule has 0 aromatic rings. The molecule has 21 atom stereocenters. The lowest BCUT2D eigenvalue weighted by atomic mass is 9.43. The third-order valence-electron chi connectivity index (χ3n) is 14.9. The van der Waals surface area contributed by atoms with E-state index in [0.29, 0.717) is 25.7 Å². The molecule has 2 saturated heterocycles. The van der Waals surface area contributed by atoms with Crippen LogP contribution in [-0.4, -0.2) is 152 Å². The minimum absolute atomic E-state index is 0.00915. The van der Waals surface area contributed by atoms with Crippen molar-refractivity contribution in [3.63, 3.8) is 0 Å². The van der Waals surface area contributed by atoms with E-state index in [9.17, 15) is 46.0 Å². The average molecular weight is 785 g/mol. The molecule has 0 spiro atoms. The summed E-state index contributed by atoms with van der Waals surface area (Å²) in [7, 11) is 1.42. The summed E-state index contributed by atoms with van der Waals surface area (Å²) in [5, 5.41) is 99.0. The number of rotatable bonds is 11. The number of fused-ring (bicyclic) bond motifs is 5.